The van der Waals surface area contributed by atoms with Gasteiger partial charge in [-0.3, -0.25) is 0 Å². The highest BCUT2D eigenvalue weighted by Crippen LogP contribution is 2.52. The number of hydrogen-bond acceptors (Lipinski definition) is 2. The summed E-state index contributed by atoms with van der Waals surface area (Å²) in [4.78, 5) is 4.73. The van der Waals surface area contributed by atoms with Crippen LogP contribution in [0, 0.1) is 0 Å². The van der Waals surface area contributed by atoms with Crippen molar-refractivity contribution in [2.75, 3.05) is 9.80 Å². The zero-order chi connectivity index (χ0) is 52.3. The molecule has 0 saturated heterocycles. The van der Waals surface area contributed by atoms with Crippen molar-refractivity contribution in [1.82, 2.24) is 0 Å². The van der Waals surface area contributed by atoms with E-state index in [0.29, 0.717) is 0 Å². The average molecular weight is 1050 g/mol. The maximum atomic E-state index is 3.62. The molecule has 3 heteroatoms. The molecule has 14 rings (SSSR count). The van der Waals surface area contributed by atoms with Crippen molar-refractivity contribution >= 4 is 71.6 Å². The van der Waals surface area contributed by atoms with Crippen LogP contribution in [0.4, 0.5) is 34.1 Å². The number of halogens is 1. The zero-order valence-corrected chi connectivity index (χ0v) is 45.3. The van der Waals surface area contributed by atoms with E-state index in [2.05, 4.69) is 326 Å². The van der Waals surface area contributed by atoms with Gasteiger partial charge in [0, 0.05) is 49.4 Å². The van der Waals surface area contributed by atoms with E-state index in [9.17, 15) is 0 Å². The second-order valence-corrected chi connectivity index (χ2v) is 22.3. The quantitative estimate of drug-likeness (QED) is 0.150. The minimum atomic E-state index is -0.0501. The molecule has 0 saturated carbocycles. The van der Waals surface area contributed by atoms with Gasteiger partial charge in [0.2, 0.25) is 0 Å². The molecule has 0 radical (unpaired) electrons. The molecule has 2 aliphatic rings. The number of para-hydroxylation sites is 1. The van der Waals surface area contributed by atoms with Gasteiger partial charge in [-0.15, -0.1) is 0 Å². The number of rotatable bonds is 8. The third kappa shape index (κ3) is 8.52. The lowest BCUT2D eigenvalue weighted by molar-refractivity contribution is 0.660. The third-order valence-electron chi connectivity index (χ3n) is 16.2. The highest BCUT2D eigenvalue weighted by molar-refractivity contribution is 9.10. The molecule has 0 unspecified atom stereocenters. The van der Waals surface area contributed by atoms with Crippen molar-refractivity contribution in [3.8, 4) is 44.5 Å². The van der Waals surface area contributed by atoms with Gasteiger partial charge in [-0.25, -0.2) is 0 Å². The van der Waals surface area contributed by atoms with Crippen LogP contribution in [0.2, 0.25) is 0 Å². The minimum Gasteiger partial charge on any atom is -0.310 e. The van der Waals surface area contributed by atoms with Crippen LogP contribution in [-0.4, -0.2) is 0 Å². The van der Waals surface area contributed by atoms with Crippen LogP contribution in [0.25, 0.3) is 66.1 Å². The third-order valence-corrected chi connectivity index (χ3v) is 16.7. The lowest BCUT2D eigenvalue weighted by atomic mass is 9.82. The summed E-state index contributed by atoms with van der Waals surface area (Å²) in [7, 11) is 0. The van der Waals surface area contributed by atoms with Gasteiger partial charge in [0.15, 0.2) is 0 Å². The molecular weight excluding hydrogens is 997 g/mol. The molecule has 0 N–H and O–H groups in total. The highest BCUT2D eigenvalue weighted by atomic mass is 79.9. The fourth-order valence-electron chi connectivity index (χ4n) is 12.3. The van der Waals surface area contributed by atoms with E-state index in [1.165, 1.54) is 94.0 Å². The molecule has 2 aliphatic carbocycles. The monoisotopic (exact) mass is 1050 g/mol. The molecular formula is C74H57BrN2. The van der Waals surface area contributed by atoms with Gasteiger partial charge in [-0.2, -0.15) is 0 Å². The summed E-state index contributed by atoms with van der Waals surface area (Å²) >= 11 is 3.62. The highest BCUT2D eigenvalue weighted by Gasteiger charge is 2.37. The van der Waals surface area contributed by atoms with Crippen molar-refractivity contribution in [3.05, 3.63) is 300 Å². The Balaban J connectivity index is 0.000000147. The van der Waals surface area contributed by atoms with Gasteiger partial charge in [0.05, 0.1) is 0 Å². The normalized spacial score (nSPS) is 13.2. The average Bonchev–Trinajstić information content (AvgIpc) is 3.86. The number of benzene rings is 12. The summed E-state index contributed by atoms with van der Waals surface area (Å²) in [6, 6.07) is 99.0. The van der Waals surface area contributed by atoms with Crippen molar-refractivity contribution in [2.45, 2.75) is 38.5 Å². The summed E-state index contributed by atoms with van der Waals surface area (Å²) in [5, 5.41) is 5.08. The van der Waals surface area contributed by atoms with E-state index in [1.54, 1.807) is 0 Å². The summed E-state index contributed by atoms with van der Waals surface area (Å²) in [5.41, 5.74) is 22.7. The van der Waals surface area contributed by atoms with Gasteiger partial charge in [-0.05, 0) is 173 Å². The summed E-state index contributed by atoms with van der Waals surface area (Å²) in [6.45, 7) is 9.36. The predicted octanol–water partition coefficient (Wildman–Crippen LogP) is 21.3. The lowest BCUT2D eigenvalue weighted by Crippen LogP contribution is -2.16. The molecule has 77 heavy (non-hydrogen) atoms. The zero-order valence-electron chi connectivity index (χ0n) is 43.8. The van der Waals surface area contributed by atoms with Crippen molar-refractivity contribution < 1.29 is 0 Å². The first-order valence-electron chi connectivity index (χ1n) is 26.7. The molecule has 0 amide bonds. The van der Waals surface area contributed by atoms with Crippen molar-refractivity contribution in [1.29, 1.82) is 0 Å². The molecule has 12 aromatic rings. The van der Waals surface area contributed by atoms with Gasteiger partial charge in [-0.1, -0.05) is 232 Å². The van der Waals surface area contributed by atoms with E-state index < -0.39 is 0 Å². The lowest BCUT2D eigenvalue weighted by Gasteiger charge is -2.28. The maximum absolute atomic E-state index is 3.62. The number of hydrogen-bond donors (Lipinski definition) is 0. The first-order valence-corrected chi connectivity index (χ1v) is 27.5. The Bertz CT molecular complexity index is 4140. The Morgan fingerprint density at radius 2 is 0.584 bits per heavy atom. The standard InChI is InChI=1S/C37H28BrN.C37H29N/c1-37(2)35-13-6-5-11-33(35)34-23-22-30(24-36(34)37)39(29-20-16-27(38)17-21-29)28-18-14-26(15-19-28)32-12-7-9-25-8-3-4-10-31(25)32;1-37(2)35-18-9-8-16-33(35)34-24-23-30(25-36(34)37)38(28-13-4-3-5-14-28)29-21-19-27(20-22-29)32-17-10-12-26-11-6-7-15-31(26)32/h3-24H,1-2H3;3-25H,1-2H3. The predicted molar refractivity (Wildman–Crippen MR) is 331 cm³/mol. The second-order valence-electron chi connectivity index (χ2n) is 21.4. The molecule has 0 bridgehead atoms. The molecule has 0 heterocycles. The SMILES string of the molecule is CC1(C)c2ccccc2-c2ccc(N(c3ccc(Br)cc3)c3ccc(-c4cccc5ccccc45)cc3)cc21.CC1(C)c2ccccc2-c2ccc(N(c3ccccc3)c3ccc(-c4cccc5ccccc45)cc3)cc21. The van der Waals surface area contributed by atoms with Crippen LogP contribution in [0.3, 0.4) is 0 Å². The Hall–Kier alpha value is -8.76. The van der Waals surface area contributed by atoms with Crippen LogP contribution >= 0.6 is 15.9 Å². The molecule has 2 nitrogen and oxygen atoms in total. The van der Waals surface area contributed by atoms with E-state index in [0.717, 1.165) is 32.9 Å². The summed E-state index contributed by atoms with van der Waals surface area (Å²) in [6.07, 6.45) is 0. The smallest absolute Gasteiger partial charge is 0.0465 e. The topological polar surface area (TPSA) is 6.48 Å². The second kappa shape index (κ2) is 19.4. The molecule has 0 fully saturated rings. The summed E-state index contributed by atoms with van der Waals surface area (Å²) in [5.74, 6) is 0. The minimum absolute atomic E-state index is 0.0392. The Morgan fingerprint density at radius 1 is 0.260 bits per heavy atom. The van der Waals surface area contributed by atoms with Gasteiger partial charge in [0.25, 0.3) is 0 Å². The first-order chi connectivity index (χ1) is 37.6. The van der Waals surface area contributed by atoms with E-state index in [4.69, 9.17) is 0 Å². The molecule has 0 aromatic heterocycles. The van der Waals surface area contributed by atoms with Gasteiger partial charge >= 0.3 is 0 Å². The molecule has 12 aromatic carbocycles. The van der Waals surface area contributed by atoms with E-state index in [-0.39, 0.29) is 10.8 Å². The van der Waals surface area contributed by atoms with Gasteiger partial charge < -0.3 is 9.80 Å². The van der Waals surface area contributed by atoms with Gasteiger partial charge in [0.1, 0.15) is 0 Å². The van der Waals surface area contributed by atoms with Crippen LogP contribution < -0.4 is 9.80 Å². The van der Waals surface area contributed by atoms with Crippen LogP contribution in [0.1, 0.15) is 49.9 Å². The number of nitrogens with zero attached hydrogens (tertiary/aromatic N) is 2. The molecule has 0 atom stereocenters. The fraction of sp³-hybridized carbons (Fsp3) is 0.0811. The largest absolute Gasteiger partial charge is 0.310 e. The van der Waals surface area contributed by atoms with Crippen LogP contribution in [0.15, 0.2) is 277 Å². The molecule has 0 spiro atoms. The Kier molecular flexibility index (Phi) is 12.1. The first kappa shape index (κ1) is 47.9. The summed E-state index contributed by atoms with van der Waals surface area (Å²) < 4.78 is 1.07. The van der Waals surface area contributed by atoms with Crippen LogP contribution in [0.5, 0.6) is 0 Å². The Morgan fingerprint density at radius 3 is 1.04 bits per heavy atom. The number of fused-ring (bicyclic) bond motifs is 8. The molecule has 0 aliphatic heterocycles. The van der Waals surface area contributed by atoms with Crippen molar-refractivity contribution in [2.24, 2.45) is 0 Å². The van der Waals surface area contributed by atoms with E-state index >= 15 is 0 Å². The van der Waals surface area contributed by atoms with E-state index in [1.807, 2.05) is 0 Å². The fourth-order valence-corrected chi connectivity index (χ4v) is 12.5. The van der Waals surface area contributed by atoms with Crippen LogP contribution in [-0.2, 0) is 10.8 Å². The molecule has 370 valence electrons. The maximum Gasteiger partial charge on any atom is 0.0465 e. The Labute approximate surface area is 461 Å². The van der Waals surface area contributed by atoms with Crippen molar-refractivity contribution in [3.63, 3.8) is 0 Å². The number of anilines is 6.